The van der Waals surface area contributed by atoms with Gasteiger partial charge in [0.05, 0.1) is 4.90 Å². The molecule has 1 unspecified atom stereocenters. The van der Waals surface area contributed by atoms with E-state index < -0.39 is 10.0 Å². The summed E-state index contributed by atoms with van der Waals surface area (Å²) in [7, 11) is -3.53. The minimum atomic E-state index is -3.53. The molecule has 138 valence electrons. The lowest BCUT2D eigenvalue weighted by Gasteiger charge is -2.34. The topological polar surface area (TPSA) is 69.7 Å². The molecular formula is C18H27N3O3S. The molecule has 1 atom stereocenters. The molecule has 0 bridgehead atoms. The van der Waals surface area contributed by atoms with Crippen molar-refractivity contribution >= 4 is 15.9 Å². The summed E-state index contributed by atoms with van der Waals surface area (Å²) >= 11 is 0. The van der Waals surface area contributed by atoms with Crippen LogP contribution in [0.5, 0.6) is 0 Å². The second-order valence-corrected chi connectivity index (χ2v) is 8.93. The van der Waals surface area contributed by atoms with Gasteiger partial charge in [-0.05, 0) is 44.4 Å². The van der Waals surface area contributed by atoms with E-state index in [0.29, 0.717) is 25.2 Å². The van der Waals surface area contributed by atoms with Crippen molar-refractivity contribution in [2.45, 2.75) is 44.0 Å². The molecule has 2 aliphatic heterocycles. The molecule has 1 aromatic rings. The van der Waals surface area contributed by atoms with Gasteiger partial charge in [0, 0.05) is 44.3 Å². The van der Waals surface area contributed by atoms with Crippen LogP contribution < -0.4 is 5.32 Å². The lowest BCUT2D eigenvalue weighted by atomic mass is 10.1. The number of rotatable bonds is 3. The predicted octanol–water partition coefficient (Wildman–Crippen LogP) is 1.60. The highest BCUT2D eigenvalue weighted by atomic mass is 32.2. The molecule has 1 aromatic carbocycles. The first-order chi connectivity index (χ1) is 11.9. The van der Waals surface area contributed by atoms with Gasteiger partial charge in [-0.1, -0.05) is 12.5 Å². The largest absolute Gasteiger partial charge is 0.333 e. The van der Waals surface area contributed by atoms with Crippen molar-refractivity contribution in [3.05, 3.63) is 29.3 Å². The first-order valence-corrected chi connectivity index (χ1v) is 10.5. The van der Waals surface area contributed by atoms with Crippen LogP contribution in [0.3, 0.4) is 0 Å². The summed E-state index contributed by atoms with van der Waals surface area (Å²) in [5.74, 6) is -0.0813. The first-order valence-electron chi connectivity index (χ1n) is 9.04. The van der Waals surface area contributed by atoms with E-state index in [2.05, 4.69) is 5.32 Å². The van der Waals surface area contributed by atoms with Crippen LogP contribution in [0.25, 0.3) is 0 Å². The standard InChI is InChI=1S/C18H27N3O3S/c1-14-6-7-16(25(23,24)20-9-4-3-5-10-20)12-17(14)18(22)21-11-8-19-13-15(21)2/h6-7,12,15,19H,3-5,8-11,13H2,1-2H3. The van der Waals surface area contributed by atoms with Gasteiger partial charge in [0.25, 0.3) is 5.91 Å². The number of piperazine rings is 1. The number of hydrogen-bond acceptors (Lipinski definition) is 4. The molecule has 0 aromatic heterocycles. The highest BCUT2D eigenvalue weighted by Crippen LogP contribution is 2.24. The van der Waals surface area contributed by atoms with Crippen LogP contribution in [0.15, 0.2) is 23.1 Å². The van der Waals surface area contributed by atoms with Gasteiger partial charge in [0.1, 0.15) is 0 Å². The third-order valence-corrected chi connectivity index (χ3v) is 7.05. The Kier molecular flexibility index (Phi) is 5.46. The SMILES string of the molecule is Cc1ccc(S(=O)(=O)N2CCCCC2)cc1C(=O)N1CCNCC1C. The van der Waals surface area contributed by atoms with E-state index in [4.69, 9.17) is 0 Å². The molecule has 2 aliphatic rings. The Bertz CT molecular complexity index is 742. The molecule has 0 radical (unpaired) electrons. The fourth-order valence-electron chi connectivity index (χ4n) is 3.54. The van der Waals surface area contributed by atoms with Gasteiger partial charge in [-0.2, -0.15) is 4.31 Å². The van der Waals surface area contributed by atoms with Crippen LogP contribution in [-0.2, 0) is 10.0 Å². The number of amides is 1. The van der Waals surface area contributed by atoms with Gasteiger partial charge in [-0.15, -0.1) is 0 Å². The zero-order valence-corrected chi connectivity index (χ0v) is 15.8. The van der Waals surface area contributed by atoms with E-state index in [1.54, 1.807) is 22.5 Å². The third-order valence-electron chi connectivity index (χ3n) is 5.15. The summed E-state index contributed by atoms with van der Waals surface area (Å²) in [6.45, 7) is 7.16. The van der Waals surface area contributed by atoms with Crippen LogP contribution in [0.4, 0.5) is 0 Å². The van der Waals surface area contributed by atoms with Gasteiger partial charge in [0.15, 0.2) is 0 Å². The molecule has 25 heavy (non-hydrogen) atoms. The van der Waals surface area contributed by atoms with Crippen molar-refractivity contribution in [3.8, 4) is 0 Å². The molecule has 2 fully saturated rings. The van der Waals surface area contributed by atoms with Crippen molar-refractivity contribution in [2.75, 3.05) is 32.7 Å². The average molecular weight is 365 g/mol. The quantitative estimate of drug-likeness (QED) is 0.883. The van der Waals surface area contributed by atoms with E-state index in [0.717, 1.165) is 37.9 Å². The van der Waals surface area contributed by atoms with Crippen molar-refractivity contribution in [1.82, 2.24) is 14.5 Å². The monoisotopic (exact) mass is 365 g/mol. The molecule has 2 saturated heterocycles. The summed E-state index contributed by atoms with van der Waals surface area (Å²) in [5.41, 5.74) is 1.31. The van der Waals surface area contributed by atoms with Crippen LogP contribution in [0.2, 0.25) is 0 Å². The Morgan fingerprint density at radius 3 is 2.56 bits per heavy atom. The smallest absolute Gasteiger partial charge is 0.254 e. The van der Waals surface area contributed by atoms with E-state index in [-0.39, 0.29) is 16.8 Å². The number of nitrogens with zero attached hydrogens (tertiary/aromatic N) is 2. The minimum Gasteiger partial charge on any atom is -0.333 e. The summed E-state index contributed by atoms with van der Waals surface area (Å²) in [5, 5.41) is 3.27. The number of nitrogens with one attached hydrogen (secondary N) is 1. The van der Waals surface area contributed by atoms with Gasteiger partial charge >= 0.3 is 0 Å². The van der Waals surface area contributed by atoms with Crippen molar-refractivity contribution in [3.63, 3.8) is 0 Å². The maximum Gasteiger partial charge on any atom is 0.254 e. The summed E-state index contributed by atoms with van der Waals surface area (Å²) < 4.78 is 27.4. The zero-order valence-electron chi connectivity index (χ0n) is 15.0. The lowest BCUT2D eigenvalue weighted by molar-refractivity contribution is 0.0654. The summed E-state index contributed by atoms with van der Waals surface area (Å²) in [4.78, 5) is 15.0. The van der Waals surface area contributed by atoms with Crippen LogP contribution in [0, 0.1) is 6.92 Å². The molecule has 7 heteroatoms. The van der Waals surface area contributed by atoms with Crippen LogP contribution in [-0.4, -0.2) is 62.3 Å². The average Bonchev–Trinajstić information content (AvgIpc) is 2.62. The third kappa shape index (κ3) is 3.73. The highest BCUT2D eigenvalue weighted by molar-refractivity contribution is 7.89. The highest BCUT2D eigenvalue weighted by Gasteiger charge is 2.29. The second kappa shape index (κ2) is 7.43. The molecule has 0 spiro atoms. The van der Waals surface area contributed by atoms with E-state index in [9.17, 15) is 13.2 Å². The second-order valence-electron chi connectivity index (χ2n) is 6.99. The van der Waals surface area contributed by atoms with Crippen molar-refractivity contribution in [2.24, 2.45) is 0 Å². The summed E-state index contributed by atoms with van der Waals surface area (Å²) in [6.07, 6.45) is 2.87. The Morgan fingerprint density at radius 1 is 1.16 bits per heavy atom. The molecule has 1 amide bonds. The fraction of sp³-hybridized carbons (Fsp3) is 0.611. The van der Waals surface area contributed by atoms with Crippen molar-refractivity contribution in [1.29, 1.82) is 0 Å². The maximum atomic E-state index is 13.0. The van der Waals surface area contributed by atoms with E-state index in [1.807, 2.05) is 18.7 Å². The Labute approximate surface area is 150 Å². The number of carbonyl (C=O) groups excluding carboxylic acids is 1. The fourth-order valence-corrected chi connectivity index (χ4v) is 5.09. The van der Waals surface area contributed by atoms with Crippen LogP contribution in [0.1, 0.15) is 42.1 Å². The molecule has 6 nitrogen and oxygen atoms in total. The maximum absolute atomic E-state index is 13.0. The summed E-state index contributed by atoms with van der Waals surface area (Å²) in [6, 6.07) is 5.04. The first kappa shape index (κ1) is 18.4. The Balaban J connectivity index is 1.91. The van der Waals surface area contributed by atoms with Gasteiger partial charge < -0.3 is 10.2 Å². The van der Waals surface area contributed by atoms with E-state index >= 15 is 0 Å². The molecule has 2 heterocycles. The van der Waals surface area contributed by atoms with Crippen molar-refractivity contribution < 1.29 is 13.2 Å². The molecular weight excluding hydrogens is 338 g/mol. The zero-order chi connectivity index (χ0) is 18.0. The molecule has 0 saturated carbocycles. The number of hydrogen-bond donors (Lipinski definition) is 1. The predicted molar refractivity (Wildman–Crippen MR) is 97.2 cm³/mol. The number of sulfonamides is 1. The van der Waals surface area contributed by atoms with Gasteiger partial charge in [0.2, 0.25) is 10.0 Å². The Hall–Kier alpha value is -1.44. The van der Waals surface area contributed by atoms with Gasteiger partial charge in [-0.25, -0.2) is 8.42 Å². The normalized spacial score (nSPS) is 22.8. The van der Waals surface area contributed by atoms with E-state index in [1.165, 1.54) is 0 Å². The molecule has 3 rings (SSSR count). The molecule has 0 aliphatic carbocycles. The van der Waals surface area contributed by atoms with Gasteiger partial charge in [-0.3, -0.25) is 4.79 Å². The molecule has 1 N–H and O–H groups in total. The number of piperidine rings is 1. The number of benzene rings is 1. The Morgan fingerprint density at radius 2 is 1.88 bits per heavy atom. The number of aryl methyl sites for hydroxylation is 1. The lowest BCUT2D eigenvalue weighted by Crippen LogP contribution is -2.52. The van der Waals surface area contributed by atoms with Crippen LogP contribution >= 0.6 is 0 Å². The number of carbonyl (C=O) groups is 1. The minimum absolute atomic E-state index is 0.0813.